The molecule has 48 heavy (non-hydrogen) atoms. The predicted octanol–water partition coefficient (Wildman–Crippen LogP) is 7.42. The van der Waals surface area contributed by atoms with Crippen molar-refractivity contribution >= 4 is 39.1 Å². The molecule has 0 aliphatic heterocycles. The number of alkyl halides is 3. The first-order valence-electron chi connectivity index (χ1n) is 15.4. The molecule has 1 N–H and O–H groups in total. The van der Waals surface area contributed by atoms with Crippen molar-refractivity contribution in [3.05, 3.63) is 130 Å². The fourth-order valence-electron chi connectivity index (χ4n) is 5.09. The number of carbonyl (C=O) groups excluding carboxylic acids is 2. The van der Waals surface area contributed by atoms with Gasteiger partial charge < -0.3 is 10.2 Å². The lowest BCUT2D eigenvalue weighted by Crippen LogP contribution is -2.53. The average Bonchev–Trinajstić information content (AvgIpc) is 3.06. The van der Waals surface area contributed by atoms with Crippen LogP contribution in [-0.4, -0.2) is 44.3 Å². The van der Waals surface area contributed by atoms with E-state index in [1.165, 1.54) is 17.0 Å². The van der Waals surface area contributed by atoms with Crippen LogP contribution in [0.5, 0.6) is 0 Å². The number of aryl methyl sites for hydroxylation is 1. The van der Waals surface area contributed by atoms with Crippen LogP contribution < -0.4 is 9.62 Å². The Balaban J connectivity index is 1.84. The number of hydrogen-bond acceptors (Lipinski definition) is 4. The van der Waals surface area contributed by atoms with Crippen LogP contribution in [0.25, 0.3) is 0 Å². The molecular formula is C36H37ClF3N3O4S. The van der Waals surface area contributed by atoms with E-state index in [4.69, 9.17) is 11.6 Å². The van der Waals surface area contributed by atoms with E-state index in [9.17, 15) is 31.2 Å². The molecule has 4 aromatic carbocycles. The number of nitrogens with one attached hydrogen (secondary N) is 1. The molecule has 0 aliphatic rings. The summed E-state index contributed by atoms with van der Waals surface area (Å²) in [7, 11) is -4.59. The van der Waals surface area contributed by atoms with Crippen LogP contribution in [0.3, 0.4) is 0 Å². The van der Waals surface area contributed by atoms with Crippen molar-refractivity contribution in [2.75, 3.05) is 17.4 Å². The maximum absolute atomic E-state index is 14.5. The van der Waals surface area contributed by atoms with Gasteiger partial charge in [-0.2, -0.15) is 13.2 Å². The molecule has 254 valence electrons. The summed E-state index contributed by atoms with van der Waals surface area (Å²) >= 11 is 5.88. The van der Waals surface area contributed by atoms with E-state index < -0.39 is 56.9 Å². The van der Waals surface area contributed by atoms with Gasteiger partial charge in [-0.3, -0.25) is 13.9 Å². The second kappa shape index (κ2) is 16.2. The second-order valence-electron chi connectivity index (χ2n) is 11.3. The van der Waals surface area contributed by atoms with Crippen LogP contribution in [0.4, 0.5) is 18.9 Å². The molecule has 1 atom stereocenters. The van der Waals surface area contributed by atoms with Gasteiger partial charge >= 0.3 is 6.18 Å². The zero-order valence-corrected chi connectivity index (χ0v) is 28.2. The molecule has 4 aromatic rings. The number of amides is 2. The van der Waals surface area contributed by atoms with Crippen LogP contribution >= 0.6 is 11.6 Å². The zero-order valence-electron chi connectivity index (χ0n) is 26.6. The molecule has 0 aromatic heterocycles. The largest absolute Gasteiger partial charge is 0.417 e. The standard InChI is InChI=1S/C36H37ClF3N3O4S/c1-3-4-21-41-35(45)33(22-27-11-7-5-8-12-27)42(24-28-13-9-6-10-14-28)34(44)25-43(48(46,47)30-18-15-26(2)16-19-30)29-17-20-32(37)31(23-29)36(38,39)40/h5-20,23,33H,3-4,21-22,24-25H2,1-2H3,(H,41,45). The maximum atomic E-state index is 14.5. The lowest BCUT2D eigenvalue weighted by Gasteiger charge is -2.34. The van der Waals surface area contributed by atoms with Gasteiger partial charge in [0.1, 0.15) is 12.6 Å². The Hall–Kier alpha value is -4.35. The number of benzene rings is 4. The van der Waals surface area contributed by atoms with Crippen molar-refractivity contribution < 1.29 is 31.2 Å². The van der Waals surface area contributed by atoms with Gasteiger partial charge in [-0.25, -0.2) is 8.42 Å². The third kappa shape index (κ3) is 9.38. The van der Waals surface area contributed by atoms with Crippen LogP contribution in [0, 0.1) is 6.92 Å². The lowest BCUT2D eigenvalue weighted by atomic mass is 10.0. The molecule has 4 rings (SSSR count). The van der Waals surface area contributed by atoms with Crippen molar-refractivity contribution in [1.29, 1.82) is 0 Å². The predicted molar refractivity (Wildman–Crippen MR) is 181 cm³/mol. The Morgan fingerprint density at radius 1 is 0.875 bits per heavy atom. The summed E-state index contributed by atoms with van der Waals surface area (Å²) in [5.74, 6) is -1.22. The average molecular weight is 700 g/mol. The minimum atomic E-state index is -4.90. The first-order chi connectivity index (χ1) is 22.8. The Kier molecular flexibility index (Phi) is 12.3. The van der Waals surface area contributed by atoms with Gasteiger partial charge in [-0.15, -0.1) is 0 Å². The molecule has 0 aliphatic carbocycles. The quantitative estimate of drug-likeness (QED) is 0.139. The number of unbranched alkanes of at least 4 members (excludes halogenated alkanes) is 1. The Morgan fingerprint density at radius 3 is 2.06 bits per heavy atom. The van der Waals surface area contributed by atoms with E-state index in [0.717, 1.165) is 29.7 Å². The lowest BCUT2D eigenvalue weighted by molar-refractivity contribution is -0.140. The topological polar surface area (TPSA) is 86.8 Å². The summed E-state index contributed by atoms with van der Waals surface area (Å²) in [6.45, 7) is 3.14. The van der Waals surface area contributed by atoms with Crippen LogP contribution in [0.15, 0.2) is 108 Å². The summed E-state index contributed by atoms with van der Waals surface area (Å²) in [4.78, 5) is 29.3. The van der Waals surface area contributed by atoms with E-state index >= 15 is 0 Å². The molecular weight excluding hydrogens is 663 g/mol. The monoisotopic (exact) mass is 699 g/mol. The first kappa shape index (κ1) is 36.5. The molecule has 0 fully saturated rings. The zero-order chi connectivity index (χ0) is 34.9. The van der Waals surface area contributed by atoms with E-state index in [1.54, 1.807) is 61.5 Å². The smallest absolute Gasteiger partial charge is 0.354 e. The summed E-state index contributed by atoms with van der Waals surface area (Å²) < 4.78 is 70.8. The SMILES string of the molecule is CCCCNC(=O)C(Cc1ccccc1)N(Cc1ccccc1)C(=O)CN(c1ccc(Cl)c(C(F)(F)F)c1)S(=O)(=O)c1ccc(C)cc1. The molecule has 7 nitrogen and oxygen atoms in total. The molecule has 0 saturated heterocycles. The van der Waals surface area contributed by atoms with Gasteiger partial charge in [-0.05, 0) is 54.8 Å². The van der Waals surface area contributed by atoms with Crippen LogP contribution in [0.1, 0.15) is 42.0 Å². The number of carbonyl (C=O) groups is 2. The van der Waals surface area contributed by atoms with E-state index in [0.29, 0.717) is 28.9 Å². The number of sulfonamides is 1. The minimum Gasteiger partial charge on any atom is -0.354 e. The van der Waals surface area contributed by atoms with Gasteiger partial charge in [0, 0.05) is 19.5 Å². The highest BCUT2D eigenvalue weighted by Gasteiger charge is 2.37. The van der Waals surface area contributed by atoms with Gasteiger partial charge in [0.2, 0.25) is 11.8 Å². The van der Waals surface area contributed by atoms with E-state index in [2.05, 4.69) is 5.32 Å². The molecule has 12 heteroatoms. The van der Waals surface area contributed by atoms with Gasteiger partial charge in [0.05, 0.1) is 21.2 Å². The fraction of sp³-hybridized carbons (Fsp3) is 0.278. The third-order valence-electron chi connectivity index (χ3n) is 7.73. The summed E-state index contributed by atoms with van der Waals surface area (Å²) in [6, 6.07) is 25.3. The molecule has 0 saturated carbocycles. The number of rotatable bonds is 14. The van der Waals surface area contributed by atoms with E-state index in [1.807, 2.05) is 25.1 Å². The number of anilines is 1. The molecule has 0 spiro atoms. The highest BCUT2D eigenvalue weighted by atomic mass is 35.5. The summed E-state index contributed by atoms with van der Waals surface area (Å²) in [5, 5.41) is 2.27. The minimum absolute atomic E-state index is 0.0643. The van der Waals surface area contributed by atoms with Gasteiger partial charge in [-0.1, -0.05) is 103 Å². The number of halogens is 4. The van der Waals surface area contributed by atoms with Crippen LogP contribution in [-0.2, 0) is 38.8 Å². The molecule has 2 amide bonds. The number of nitrogens with zero attached hydrogens (tertiary/aromatic N) is 2. The third-order valence-corrected chi connectivity index (χ3v) is 9.85. The van der Waals surface area contributed by atoms with Crippen molar-refractivity contribution in [2.24, 2.45) is 0 Å². The van der Waals surface area contributed by atoms with Gasteiger partial charge in [0.25, 0.3) is 10.0 Å². The molecule has 0 radical (unpaired) electrons. The highest BCUT2D eigenvalue weighted by molar-refractivity contribution is 7.92. The summed E-state index contributed by atoms with van der Waals surface area (Å²) in [6.07, 6.45) is -3.26. The summed E-state index contributed by atoms with van der Waals surface area (Å²) in [5.41, 5.74) is 0.526. The second-order valence-corrected chi connectivity index (χ2v) is 13.6. The van der Waals surface area contributed by atoms with Crippen molar-refractivity contribution in [3.63, 3.8) is 0 Å². The Labute approximate surface area is 284 Å². The molecule has 0 heterocycles. The molecule has 1 unspecified atom stereocenters. The van der Waals surface area contributed by atoms with Crippen molar-refractivity contribution in [1.82, 2.24) is 10.2 Å². The molecule has 0 bridgehead atoms. The van der Waals surface area contributed by atoms with Crippen molar-refractivity contribution in [3.8, 4) is 0 Å². The first-order valence-corrected chi connectivity index (χ1v) is 17.2. The van der Waals surface area contributed by atoms with Gasteiger partial charge in [0.15, 0.2) is 0 Å². The maximum Gasteiger partial charge on any atom is 0.417 e. The fourth-order valence-corrected chi connectivity index (χ4v) is 6.72. The normalized spacial score (nSPS) is 12.3. The van der Waals surface area contributed by atoms with E-state index in [-0.39, 0.29) is 17.9 Å². The Bertz CT molecular complexity index is 1790. The highest BCUT2D eigenvalue weighted by Crippen LogP contribution is 2.38. The number of hydrogen-bond donors (Lipinski definition) is 1. The van der Waals surface area contributed by atoms with Crippen LogP contribution in [0.2, 0.25) is 5.02 Å². The van der Waals surface area contributed by atoms with Crippen molar-refractivity contribution in [2.45, 2.75) is 56.8 Å². The Morgan fingerprint density at radius 2 is 1.48 bits per heavy atom.